The predicted octanol–water partition coefficient (Wildman–Crippen LogP) is 2.76. The Kier molecular flexibility index (Phi) is 6.98. The Morgan fingerprint density at radius 3 is 2.12 bits per heavy atom. The lowest BCUT2D eigenvalue weighted by Crippen LogP contribution is -2.37. The van der Waals surface area contributed by atoms with Gasteiger partial charge in [0.25, 0.3) is 0 Å². The summed E-state index contributed by atoms with van der Waals surface area (Å²) >= 11 is 0. The van der Waals surface area contributed by atoms with Gasteiger partial charge in [-0.3, -0.25) is 0 Å². The summed E-state index contributed by atoms with van der Waals surface area (Å²) in [7, 11) is 0. The number of rotatable bonds is 7. The lowest BCUT2D eigenvalue weighted by Gasteiger charge is -2.22. The molecule has 0 aromatic heterocycles. The molecule has 0 aromatic carbocycles. The molecule has 0 rings (SSSR count). The van der Waals surface area contributed by atoms with Crippen molar-refractivity contribution in [3.8, 4) is 0 Å². The minimum atomic E-state index is -0.0891. The van der Waals surface area contributed by atoms with Crippen LogP contribution < -0.4 is 5.32 Å². The maximum absolute atomic E-state index is 5.56. The highest BCUT2D eigenvalue weighted by Gasteiger charge is 2.10. The third kappa shape index (κ3) is 13.6. The molecule has 0 unspecified atom stereocenters. The van der Waals surface area contributed by atoms with E-state index in [0.717, 1.165) is 12.1 Å². The molecule has 0 atom stereocenters. The van der Waals surface area contributed by atoms with Crippen molar-refractivity contribution in [2.75, 3.05) is 26.4 Å². The molecule has 3 nitrogen and oxygen atoms in total. The van der Waals surface area contributed by atoms with E-state index in [1.807, 2.05) is 20.8 Å². The molecule has 0 saturated carbocycles. The Balaban J connectivity index is 3.47. The second kappa shape index (κ2) is 7.14. The van der Waals surface area contributed by atoms with Crippen molar-refractivity contribution in [3.05, 3.63) is 12.2 Å². The van der Waals surface area contributed by atoms with Crippen molar-refractivity contribution in [1.29, 1.82) is 0 Å². The molecule has 17 heavy (non-hydrogen) atoms. The predicted molar refractivity (Wildman–Crippen MR) is 73.4 cm³/mol. The molecule has 0 heterocycles. The number of nitrogens with one attached hydrogen (secondary N) is 1. The highest BCUT2D eigenvalue weighted by atomic mass is 16.5. The Bertz CT molecular complexity index is 223. The Morgan fingerprint density at radius 1 is 1.06 bits per heavy atom. The van der Waals surface area contributed by atoms with E-state index in [0.29, 0.717) is 19.8 Å². The summed E-state index contributed by atoms with van der Waals surface area (Å²) in [5, 5.41) is 3.38. The van der Waals surface area contributed by atoms with Crippen LogP contribution in [-0.4, -0.2) is 37.5 Å². The van der Waals surface area contributed by atoms with Crippen molar-refractivity contribution in [2.45, 2.75) is 52.7 Å². The van der Waals surface area contributed by atoms with Gasteiger partial charge in [-0.25, -0.2) is 0 Å². The molecule has 0 aliphatic carbocycles. The molecule has 3 heteroatoms. The average Bonchev–Trinajstić information content (AvgIpc) is 2.11. The van der Waals surface area contributed by atoms with Crippen LogP contribution in [0, 0.1) is 0 Å². The minimum Gasteiger partial charge on any atom is -0.375 e. The zero-order valence-corrected chi connectivity index (χ0v) is 12.4. The molecule has 0 aromatic rings. The molecule has 0 amide bonds. The van der Waals surface area contributed by atoms with Gasteiger partial charge in [0.1, 0.15) is 0 Å². The monoisotopic (exact) mass is 243 g/mol. The molecular weight excluding hydrogens is 214 g/mol. The Morgan fingerprint density at radius 2 is 1.65 bits per heavy atom. The summed E-state index contributed by atoms with van der Waals surface area (Å²) in [5.41, 5.74) is 1.10. The fourth-order valence-electron chi connectivity index (χ4n) is 1.06. The first kappa shape index (κ1) is 16.6. The maximum Gasteiger partial charge on any atom is 0.0707 e. The maximum atomic E-state index is 5.56. The summed E-state index contributed by atoms with van der Waals surface area (Å²) in [6.07, 6.45) is 0. The summed E-state index contributed by atoms with van der Waals surface area (Å²) in [6, 6.07) is 0. The molecule has 0 aliphatic rings. The molecule has 0 spiro atoms. The van der Waals surface area contributed by atoms with Gasteiger partial charge in [-0.1, -0.05) is 6.58 Å². The average molecular weight is 243 g/mol. The van der Waals surface area contributed by atoms with Crippen LogP contribution in [0.5, 0.6) is 0 Å². The van der Waals surface area contributed by atoms with Crippen molar-refractivity contribution >= 4 is 0 Å². The standard InChI is InChI=1S/C14H29NO2/c1-12(10-15-13(2,3)4)11-16-8-9-17-14(5,6)7/h15H,1,8-11H2,2-7H3. The molecule has 0 aliphatic heterocycles. The van der Waals surface area contributed by atoms with E-state index in [4.69, 9.17) is 9.47 Å². The smallest absolute Gasteiger partial charge is 0.0707 e. The lowest BCUT2D eigenvalue weighted by atomic mass is 10.1. The van der Waals surface area contributed by atoms with Gasteiger partial charge in [0, 0.05) is 12.1 Å². The number of ether oxygens (including phenoxy) is 2. The van der Waals surface area contributed by atoms with Crippen LogP contribution in [0.1, 0.15) is 41.5 Å². The summed E-state index contributed by atoms with van der Waals surface area (Å²) in [6.45, 7) is 19.1. The van der Waals surface area contributed by atoms with E-state index >= 15 is 0 Å². The first-order valence-corrected chi connectivity index (χ1v) is 6.23. The summed E-state index contributed by atoms with van der Waals surface area (Å²) < 4.78 is 11.0. The largest absolute Gasteiger partial charge is 0.375 e. The molecule has 102 valence electrons. The molecule has 0 bridgehead atoms. The van der Waals surface area contributed by atoms with Crippen LogP contribution in [0.25, 0.3) is 0 Å². The first-order chi connectivity index (χ1) is 7.60. The fourth-order valence-corrected chi connectivity index (χ4v) is 1.06. The highest BCUT2D eigenvalue weighted by molar-refractivity contribution is 4.98. The van der Waals surface area contributed by atoms with Crippen molar-refractivity contribution in [2.24, 2.45) is 0 Å². The molecule has 1 N–H and O–H groups in total. The van der Waals surface area contributed by atoms with Crippen molar-refractivity contribution < 1.29 is 9.47 Å². The zero-order valence-electron chi connectivity index (χ0n) is 12.4. The second-order valence-electron chi connectivity index (χ2n) is 6.37. The van der Waals surface area contributed by atoms with Gasteiger partial charge in [-0.05, 0) is 47.1 Å². The Hall–Kier alpha value is -0.380. The van der Waals surface area contributed by atoms with E-state index in [1.165, 1.54) is 0 Å². The van der Waals surface area contributed by atoms with Crippen LogP contribution in [-0.2, 0) is 9.47 Å². The van der Waals surface area contributed by atoms with Gasteiger partial charge in [0.05, 0.1) is 25.4 Å². The summed E-state index contributed by atoms with van der Waals surface area (Å²) in [5.74, 6) is 0. The SMILES string of the molecule is C=C(CNC(C)(C)C)COCCOC(C)(C)C. The molecule has 0 fully saturated rings. The van der Waals surface area contributed by atoms with Gasteiger partial charge in [0.2, 0.25) is 0 Å². The highest BCUT2D eigenvalue weighted by Crippen LogP contribution is 2.06. The van der Waals surface area contributed by atoms with Crippen LogP contribution in [0.15, 0.2) is 12.2 Å². The topological polar surface area (TPSA) is 30.5 Å². The second-order valence-corrected chi connectivity index (χ2v) is 6.37. The van der Waals surface area contributed by atoms with Gasteiger partial charge in [-0.15, -0.1) is 0 Å². The Labute approximate surface area is 107 Å². The minimum absolute atomic E-state index is 0.0891. The molecule has 0 saturated heterocycles. The van der Waals surface area contributed by atoms with E-state index in [1.54, 1.807) is 0 Å². The van der Waals surface area contributed by atoms with Crippen LogP contribution in [0.4, 0.5) is 0 Å². The third-order valence-electron chi connectivity index (χ3n) is 1.94. The van der Waals surface area contributed by atoms with E-state index in [2.05, 4.69) is 32.7 Å². The van der Waals surface area contributed by atoms with Crippen LogP contribution in [0.3, 0.4) is 0 Å². The summed E-state index contributed by atoms with van der Waals surface area (Å²) in [4.78, 5) is 0. The quantitative estimate of drug-likeness (QED) is 0.551. The zero-order chi connectivity index (χ0) is 13.5. The van der Waals surface area contributed by atoms with E-state index in [-0.39, 0.29) is 11.1 Å². The number of hydrogen-bond acceptors (Lipinski definition) is 3. The van der Waals surface area contributed by atoms with Crippen LogP contribution >= 0.6 is 0 Å². The fraction of sp³-hybridized carbons (Fsp3) is 0.857. The normalized spacial score (nSPS) is 12.8. The number of hydrogen-bond donors (Lipinski definition) is 1. The van der Waals surface area contributed by atoms with Crippen molar-refractivity contribution in [1.82, 2.24) is 5.32 Å². The first-order valence-electron chi connectivity index (χ1n) is 6.23. The van der Waals surface area contributed by atoms with E-state index in [9.17, 15) is 0 Å². The lowest BCUT2D eigenvalue weighted by molar-refractivity contribution is -0.0320. The van der Waals surface area contributed by atoms with Crippen molar-refractivity contribution in [3.63, 3.8) is 0 Å². The van der Waals surface area contributed by atoms with Gasteiger partial charge < -0.3 is 14.8 Å². The molecule has 0 radical (unpaired) electrons. The third-order valence-corrected chi connectivity index (χ3v) is 1.94. The van der Waals surface area contributed by atoms with Crippen LogP contribution in [0.2, 0.25) is 0 Å². The van der Waals surface area contributed by atoms with Gasteiger partial charge in [-0.2, -0.15) is 0 Å². The van der Waals surface area contributed by atoms with E-state index < -0.39 is 0 Å². The van der Waals surface area contributed by atoms with Gasteiger partial charge in [0.15, 0.2) is 0 Å². The molecular formula is C14H29NO2. The van der Waals surface area contributed by atoms with Gasteiger partial charge >= 0.3 is 0 Å².